The standard InChI is InChI=1S/C29H29N3O5/c1-5-30(6-2)22-12-8-20(9-13-22)26-25(27(33)21-10-14-23(15-11-21)32(36)37)28(34)29(35)31(26)24-16-7-18(3)17-19(24)4/h7-17,26,33H,5-6H2,1-4H3/b27-25+. The van der Waals surface area contributed by atoms with Gasteiger partial charge in [0.25, 0.3) is 17.4 Å². The summed E-state index contributed by atoms with van der Waals surface area (Å²) in [5.41, 5.74) is 4.10. The predicted octanol–water partition coefficient (Wildman–Crippen LogP) is 5.68. The van der Waals surface area contributed by atoms with Crippen LogP contribution < -0.4 is 9.80 Å². The highest BCUT2D eigenvalue weighted by Gasteiger charge is 2.47. The third kappa shape index (κ3) is 4.70. The summed E-state index contributed by atoms with van der Waals surface area (Å²) in [5.74, 6) is -1.93. The zero-order valence-corrected chi connectivity index (χ0v) is 21.3. The van der Waals surface area contributed by atoms with Crippen LogP contribution in [0.3, 0.4) is 0 Å². The molecule has 1 aliphatic rings. The fraction of sp³-hybridized carbons (Fsp3) is 0.241. The lowest BCUT2D eigenvalue weighted by atomic mass is 9.94. The van der Waals surface area contributed by atoms with E-state index in [1.54, 1.807) is 6.07 Å². The summed E-state index contributed by atoms with van der Waals surface area (Å²) in [5, 5.41) is 22.3. The van der Waals surface area contributed by atoms with Crippen LogP contribution in [0, 0.1) is 24.0 Å². The zero-order chi connectivity index (χ0) is 26.9. The Morgan fingerprint density at radius 3 is 2.14 bits per heavy atom. The highest BCUT2D eigenvalue weighted by Crippen LogP contribution is 2.43. The lowest BCUT2D eigenvalue weighted by molar-refractivity contribution is -0.384. The molecule has 3 aromatic rings. The first-order valence-corrected chi connectivity index (χ1v) is 12.2. The van der Waals surface area contributed by atoms with E-state index in [-0.39, 0.29) is 22.6 Å². The summed E-state index contributed by atoms with van der Waals surface area (Å²) >= 11 is 0. The number of carbonyl (C=O) groups is 2. The number of aliphatic hydroxyl groups is 1. The summed E-state index contributed by atoms with van der Waals surface area (Å²) in [4.78, 5) is 40.9. The van der Waals surface area contributed by atoms with E-state index in [9.17, 15) is 24.8 Å². The maximum atomic E-state index is 13.4. The number of Topliss-reactive ketones (excluding diaryl/α,β-unsaturated/α-hetero) is 1. The normalized spacial score (nSPS) is 16.8. The van der Waals surface area contributed by atoms with E-state index >= 15 is 0 Å². The van der Waals surface area contributed by atoms with Crippen molar-refractivity contribution in [2.24, 2.45) is 0 Å². The van der Waals surface area contributed by atoms with Gasteiger partial charge in [-0.3, -0.25) is 24.6 Å². The van der Waals surface area contributed by atoms with Crippen molar-refractivity contribution >= 4 is 34.5 Å². The number of rotatable bonds is 7. The molecule has 1 atom stereocenters. The molecule has 0 spiro atoms. The number of aryl methyl sites for hydroxylation is 2. The Bertz CT molecular complexity index is 1390. The van der Waals surface area contributed by atoms with Gasteiger partial charge in [0.15, 0.2) is 0 Å². The van der Waals surface area contributed by atoms with E-state index in [4.69, 9.17) is 0 Å². The van der Waals surface area contributed by atoms with Gasteiger partial charge in [0.05, 0.1) is 16.5 Å². The number of benzene rings is 3. The van der Waals surface area contributed by atoms with Gasteiger partial charge < -0.3 is 10.0 Å². The molecule has 0 saturated carbocycles. The van der Waals surface area contributed by atoms with Crippen LogP contribution in [0.15, 0.2) is 72.3 Å². The monoisotopic (exact) mass is 499 g/mol. The summed E-state index contributed by atoms with van der Waals surface area (Å²) in [6.45, 7) is 9.61. The SMILES string of the molecule is CCN(CC)c1ccc(C2/C(=C(\O)c3ccc([N+](=O)[O-])cc3)C(=O)C(=O)N2c2ccc(C)cc2C)cc1. The summed E-state index contributed by atoms with van der Waals surface area (Å²) in [7, 11) is 0. The number of ketones is 1. The molecule has 4 rings (SSSR count). The molecule has 1 amide bonds. The smallest absolute Gasteiger partial charge is 0.300 e. The molecule has 1 fully saturated rings. The molecule has 0 bridgehead atoms. The van der Waals surface area contributed by atoms with Crippen LogP contribution in [-0.2, 0) is 9.59 Å². The van der Waals surface area contributed by atoms with Crippen LogP contribution in [0.2, 0.25) is 0 Å². The first kappa shape index (κ1) is 25.6. The van der Waals surface area contributed by atoms with Gasteiger partial charge in [-0.1, -0.05) is 29.8 Å². The lowest BCUT2D eigenvalue weighted by Gasteiger charge is -2.28. The third-order valence-electron chi connectivity index (χ3n) is 6.75. The van der Waals surface area contributed by atoms with Crippen LogP contribution in [-0.4, -0.2) is 34.8 Å². The summed E-state index contributed by atoms with van der Waals surface area (Å²) in [6, 6.07) is 17.6. The number of aliphatic hydroxyl groups excluding tert-OH is 1. The van der Waals surface area contributed by atoms with E-state index in [2.05, 4.69) is 18.7 Å². The van der Waals surface area contributed by atoms with Crippen molar-refractivity contribution in [3.05, 3.63) is 105 Å². The second-order valence-corrected chi connectivity index (χ2v) is 9.03. The molecule has 37 heavy (non-hydrogen) atoms. The van der Waals surface area contributed by atoms with Gasteiger partial charge in [0, 0.05) is 42.2 Å². The average Bonchev–Trinajstić information content (AvgIpc) is 3.15. The van der Waals surface area contributed by atoms with Gasteiger partial charge >= 0.3 is 0 Å². The Labute approximate surface area is 215 Å². The Kier molecular flexibility index (Phi) is 7.11. The molecule has 1 saturated heterocycles. The van der Waals surface area contributed by atoms with Crippen LogP contribution in [0.25, 0.3) is 5.76 Å². The second-order valence-electron chi connectivity index (χ2n) is 9.03. The molecular formula is C29H29N3O5. The van der Waals surface area contributed by atoms with Crippen molar-refractivity contribution in [1.29, 1.82) is 0 Å². The highest BCUT2D eigenvalue weighted by atomic mass is 16.6. The minimum Gasteiger partial charge on any atom is -0.507 e. The van der Waals surface area contributed by atoms with Gasteiger partial charge in [-0.25, -0.2) is 0 Å². The van der Waals surface area contributed by atoms with E-state index in [0.29, 0.717) is 11.3 Å². The first-order chi connectivity index (χ1) is 17.7. The Balaban J connectivity index is 1.91. The number of non-ortho nitro benzene ring substituents is 1. The van der Waals surface area contributed by atoms with E-state index < -0.39 is 22.7 Å². The highest BCUT2D eigenvalue weighted by molar-refractivity contribution is 6.51. The molecule has 190 valence electrons. The molecule has 8 nitrogen and oxygen atoms in total. The number of hydrogen-bond donors (Lipinski definition) is 1. The van der Waals surface area contributed by atoms with Crippen molar-refractivity contribution in [2.75, 3.05) is 22.9 Å². The lowest BCUT2D eigenvalue weighted by Crippen LogP contribution is -2.30. The fourth-order valence-electron chi connectivity index (χ4n) is 4.82. The van der Waals surface area contributed by atoms with Crippen LogP contribution in [0.5, 0.6) is 0 Å². The molecule has 0 radical (unpaired) electrons. The van der Waals surface area contributed by atoms with Gasteiger partial charge in [0.2, 0.25) is 0 Å². The summed E-state index contributed by atoms with van der Waals surface area (Å²) in [6.07, 6.45) is 0. The zero-order valence-electron chi connectivity index (χ0n) is 21.3. The largest absolute Gasteiger partial charge is 0.507 e. The molecule has 1 unspecified atom stereocenters. The van der Waals surface area contributed by atoms with Crippen molar-refractivity contribution in [3.8, 4) is 0 Å². The quantitative estimate of drug-likeness (QED) is 0.147. The topological polar surface area (TPSA) is 104 Å². The summed E-state index contributed by atoms with van der Waals surface area (Å²) < 4.78 is 0. The molecule has 0 aliphatic carbocycles. The average molecular weight is 500 g/mol. The molecule has 1 aliphatic heterocycles. The van der Waals surface area contributed by atoms with Gasteiger partial charge in [-0.15, -0.1) is 0 Å². The number of nitrogens with zero attached hydrogens (tertiary/aromatic N) is 3. The number of hydrogen-bond acceptors (Lipinski definition) is 6. The molecule has 3 aromatic carbocycles. The van der Waals surface area contributed by atoms with Crippen LogP contribution >= 0.6 is 0 Å². The minimum absolute atomic E-state index is 0.0607. The maximum absolute atomic E-state index is 13.4. The number of nitro groups is 1. The second kappa shape index (κ2) is 10.3. The Morgan fingerprint density at radius 1 is 0.973 bits per heavy atom. The molecule has 1 heterocycles. The van der Waals surface area contributed by atoms with Gasteiger partial charge in [-0.2, -0.15) is 0 Å². The van der Waals surface area contributed by atoms with Crippen molar-refractivity contribution in [3.63, 3.8) is 0 Å². The van der Waals surface area contributed by atoms with Gasteiger partial charge in [0.1, 0.15) is 5.76 Å². The first-order valence-electron chi connectivity index (χ1n) is 12.2. The maximum Gasteiger partial charge on any atom is 0.300 e. The third-order valence-corrected chi connectivity index (χ3v) is 6.75. The Hall–Kier alpha value is -4.46. The number of anilines is 2. The van der Waals surface area contributed by atoms with E-state index in [1.807, 2.05) is 50.2 Å². The Morgan fingerprint density at radius 2 is 1.59 bits per heavy atom. The van der Waals surface area contributed by atoms with Crippen molar-refractivity contribution in [1.82, 2.24) is 0 Å². The van der Waals surface area contributed by atoms with Crippen LogP contribution in [0.4, 0.5) is 17.1 Å². The predicted molar refractivity (Wildman–Crippen MR) is 144 cm³/mol. The molecular weight excluding hydrogens is 470 g/mol. The van der Waals surface area contributed by atoms with E-state index in [0.717, 1.165) is 29.9 Å². The number of amides is 1. The molecule has 8 heteroatoms. The van der Waals surface area contributed by atoms with E-state index in [1.165, 1.54) is 29.2 Å². The minimum atomic E-state index is -0.873. The fourth-order valence-corrected chi connectivity index (χ4v) is 4.82. The molecule has 1 N–H and O–H groups in total. The molecule has 0 aromatic heterocycles. The van der Waals surface area contributed by atoms with Crippen molar-refractivity contribution in [2.45, 2.75) is 33.7 Å². The van der Waals surface area contributed by atoms with Crippen LogP contribution in [0.1, 0.15) is 42.1 Å². The number of carbonyl (C=O) groups excluding carboxylic acids is 2. The number of nitro benzene ring substituents is 1. The van der Waals surface area contributed by atoms with Gasteiger partial charge in [-0.05, 0) is 69.2 Å². The van der Waals surface area contributed by atoms with Crippen molar-refractivity contribution < 1.29 is 19.6 Å².